The average molecular weight is 328 g/mol. The van der Waals surface area contributed by atoms with E-state index in [0.29, 0.717) is 13.2 Å². The fourth-order valence-electron chi connectivity index (χ4n) is 2.95. The molecule has 1 fully saturated rings. The summed E-state index contributed by atoms with van der Waals surface area (Å²) in [5.74, 6) is 0. The van der Waals surface area contributed by atoms with Gasteiger partial charge in [0.2, 0.25) is 0 Å². The summed E-state index contributed by atoms with van der Waals surface area (Å²) in [7, 11) is 0. The van der Waals surface area contributed by atoms with Gasteiger partial charge in [0.25, 0.3) is 0 Å². The van der Waals surface area contributed by atoms with Crippen molar-refractivity contribution in [2.45, 2.75) is 51.2 Å². The summed E-state index contributed by atoms with van der Waals surface area (Å²) < 4.78 is 17.6. The molecule has 1 heterocycles. The van der Waals surface area contributed by atoms with Gasteiger partial charge >= 0.3 is 0 Å². The number of aliphatic hydroxyl groups excluding tert-OH is 1. The lowest BCUT2D eigenvalue weighted by molar-refractivity contribution is -0.149. The van der Waals surface area contributed by atoms with Gasteiger partial charge in [-0.25, -0.2) is 0 Å². The third-order valence-corrected chi connectivity index (χ3v) is 4.26. The van der Waals surface area contributed by atoms with Crippen LogP contribution in [0.2, 0.25) is 0 Å². The zero-order chi connectivity index (χ0) is 16.8. The lowest BCUT2D eigenvalue weighted by Gasteiger charge is -2.23. The van der Waals surface area contributed by atoms with Crippen LogP contribution in [-0.4, -0.2) is 29.7 Å². The lowest BCUT2D eigenvalue weighted by Crippen LogP contribution is -2.37. The van der Waals surface area contributed by atoms with Gasteiger partial charge < -0.3 is 19.3 Å². The third kappa shape index (κ3) is 4.22. The highest BCUT2D eigenvalue weighted by molar-refractivity contribution is 5.14. The van der Waals surface area contributed by atoms with Crippen LogP contribution in [0.4, 0.5) is 0 Å². The Bertz CT molecular complexity index is 602. The fraction of sp³-hybridized carbons (Fsp3) is 0.400. The Morgan fingerprint density at radius 3 is 1.83 bits per heavy atom. The van der Waals surface area contributed by atoms with E-state index < -0.39 is 12.4 Å². The number of hydrogen-bond acceptors (Lipinski definition) is 4. The summed E-state index contributed by atoms with van der Waals surface area (Å²) >= 11 is 0. The molecule has 0 saturated carbocycles. The maximum atomic E-state index is 10.2. The minimum Gasteiger partial charge on any atom is -0.368 e. The van der Waals surface area contributed by atoms with Crippen LogP contribution in [0.3, 0.4) is 0 Å². The molecule has 1 N–H and O–H groups in total. The van der Waals surface area contributed by atoms with Gasteiger partial charge in [0.05, 0.1) is 19.3 Å². The Morgan fingerprint density at radius 1 is 0.833 bits per heavy atom. The Morgan fingerprint density at radius 2 is 1.33 bits per heavy atom. The molecular formula is C20H24O4. The van der Waals surface area contributed by atoms with Crippen LogP contribution in [0.25, 0.3) is 0 Å². The molecule has 0 aromatic heterocycles. The van der Waals surface area contributed by atoms with Gasteiger partial charge in [-0.3, -0.25) is 0 Å². The second-order valence-electron chi connectivity index (χ2n) is 6.00. The van der Waals surface area contributed by atoms with E-state index >= 15 is 0 Å². The van der Waals surface area contributed by atoms with Crippen molar-refractivity contribution in [3.05, 3.63) is 71.8 Å². The summed E-state index contributed by atoms with van der Waals surface area (Å²) in [5, 5.41) is 10.2. The largest absolute Gasteiger partial charge is 0.368 e. The van der Waals surface area contributed by atoms with E-state index in [9.17, 15) is 5.11 Å². The molecule has 4 atom stereocenters. The molecule has 4 heteroatoms. The molecule has 3 rings (SSSR count). The van der Waals surface area contributed by atoms with E-state index in [1.807, 2.05) is 67.6 Å². The molecule has 0 spiro atoms. The van der Waals surface area contributed by atoms with E-state index in [1.54, 1.807) is 0 Å². The Balaban J connectivity index is 1.63. The molecule has 4 nitrogen and oxygen atoms in total. The van der Waals surface area contributed by atoms with Crippen LogP contribution in [0.15, 0.2) is 60.7 Å². The molecule has 1 aliphatic heterocycles. The number of hydrogen-bond donors (Lipinski definition) is 1. The Labute approximate surface area is 143 Å². The maximum absolute atomic E-state index is 10.2. The molecular weight excluding hydrogens is 304 g/mol. The number of ether oxygens (including phenoxy) is 3. The summed E-state index contributed by atoms with van der Waals surface area (Å²) in [4.78, 5) is 0. The van der Waals surface area contributed by atoms with Crippen molar-refractivity contribution in [1.82, 2.24) is 0 Å². The van der Waals surface area contributed by atoms with E-state index in [2.05, 4.69) is 0 Å². The molecule has 1 saturated heterocycles. The highest BCUT2D eigenvalue weighted by atomic mass is 16.7. The van der Waals surface area contributed by atoms with Crippen LogP contribution in [0, 0.1) is 0 Å². The van der Waals surface area contributed by atoms with Gasteiger partial charge in [-0.2, -0.15) is 0 Å². The van der Waals surface area contributed by atoms with Crippen molar-refractivity contribution in [2.75, 3.05) is 0 Å². The van der Waals surface area contributed by atoms with E-state index in [-0.39, 0.29) is 12.2 Å². The van der Waals surface area contributed by atoms with Gasteiger partial charge in [-0.1, -0.05) is 67.6 Å². The third-order valence-electron chi connectivity index (χ3n) is 4.26. The first-order valence-electron chi connectivity index (χ1n) is 8.42. The lowest BCUT2D eigenvalue weighted by atomic mass is 10.1. The van der Waals surface area contributed by atoms with Crippen molar-refractivity contribution in [3.63, 3.8) is 0 Å². The van der Waals surface area contributed by atoms with Crippen molar-refractivity contribution >= 4 is 0 Å². The SMILES string of the molecule is CC[C@H]1O[C@@H](O)C(OCc2ccccc2)[C@@H]1OCc1ccccc1. The van der Waals surface area contributed by atoms with Crippen molar-refractivity contribution in [2.24, 2.45) is 0 Å². The van der Waals surface area contributed by atoms with E-state index in [4.69, 9.17) is 14.2 Å². The minimum absolute atomic E-state index is 0.163. The first-order chi connectivity index (χ1) is 11.8. The molecule has 0 radical (unpaired) electrons. The average Bonchev–Trinajstić information content (AvgIpc) is 2.94. The molecule has 2 aromatic rings. The Hall–Kier alpha value is -1.72. The summed E-state index contributed by atoms with van der Waals surface area (Å²) in [5.41, 5.74) is 2.15. The van der Waals surface area contributed by atoms with Gasteiger partial charge in [0, 0.05) is 0 Å². The standard InChI is InChI=1S/C20H24O4/c1-2-17-18(22-13-15-9-5-3-6-10-15)19(20(21)24-17)23-14-16-11-7-4-8-12-16/h3-12,17-21H,2,13-14H2,1H3/t17-,18-,19?,20-/m1/s1. The minimum atomic E-state index is -0.959. The maximum Gasteiger partial charge on any atom is 0.184 e. The summed E-state index contributed by atoms with van der Waals surface area (Å²) in [6, 6.07) is 19.9. The molecule has 24 heavy (non-hydrogen) atoms. The summed E-state index contributed by atoms with van der Waals surface area (Å²) in [6.07, 6.45) is -1.13. The topological polar surface area (TPSA) is 47.9 Å². The highest BCUT2D eigenvalue weighted by Gasteiger charge is 2.44. The smallest absolute Gasteiger partial charge is 0.184 e. The predicted molar refractivity (Wildman–Crippen MR) is 91.2 cm³/mol. The molecule has 1 aliphatic rings. The number of aliphatic hydroxyl groups is 1. The molecule has 128 valence electrons. The molecule has 0 bridgehead atoms. The van der Waals surface area contributed by atoms with Crippen molar-refractivity contribution in [1.29, 1.82) is 0 Å². The van der Waals surface area contributed by atoms with Crippen LogP contribution < -0.4 is 0 Å². The number of benzene rings is 2. The van der Waals surface area contributed by atoms with Crippen LogP contribution >= 0.6 is 0 Å². The fourth-order valence-corrected chi connectivity index (χ4v) is 2.95. The first kappa shape index (κ1) is 17.1. The predicted octanol–water partition coefficient (Wildman–Crippen LogP) is 3.28. The quantitative estimate of drug-likeness (QED) is 0.847. The van der Waals surface area contributed by atoms with Crippen molar-refractivity contribution < 1.29 is 19.3 Å². The van der Waals surface area contributed by atoms with E-state index in [0.717, 1.165) is 17.5 Å². The molecule has 0 aliphatic carbocycles. The van der Waals surface area contributed by atoms with Crippen LogP contribution in [0.5, 0.6) is 0 Å². The molecule has 0 amide bonds. The van der Waals surface area contributed by atoms with Gasteiger partial charge in [0.1, 0.15) is 12.2 Å². The highest BCUT2D eigenvalue weighted by Crippen LogP contribution is 2.28. The second kappa shape index (κ2) is 8.40. The Kier molecular flexibility index (Phi) is 5.99. The molecule has 1 unspecified atom stereocenters. The summed E-state index contributed by atoms with van der Waals surface area (Å²) in [6.45, 7) is 2.92. The zero-order valence-corrected chi connectivity index (χ0v) is 13.9. The van der Waals surface area contributed by atoms with Gasteiger partial charge in [-0.05, 0) is 17.5 Å². The van der Waals surface area contributed by atoms with Gasteiger partial charge in [0.15, 0.2) is 6.29 Å². The van der Waals surface area contributed by atoms with Crippen LogP contribution in [0.1, 0.15) is 24.5 Å². The number of rotatable bonds is 7. The van der Waals surface area contributed by atoms with Crippen LogP contribution in [-0.2, 0) is 27.4 Å². The molecule has 2 aromatic carbocycles. The van der Waals surface area contributed by atoms with Crippen molar-refractivity contribution in [3.8, 4) is 0 Å². The zero-order valence-electron chi connectivity index (χ0n) is 13.9. The second-order valence-corrected chi connectivity index (χ2v) is 6.00. The monoisotopic (exact) mass is 328 g/mol. The first-order valence-corrected chi connectivity index (χ1v) is 8.42. The van der Waals surface area contributed by atoms with Gasteiger partial charge in [-0.15, -0.1) is 0 Å². The normalized spacial score (nSPS) is 26.6. The van der Waals surface area contributed by atoms with E-state index in [1.165, 1.54) is 0 Å².